The Kier molecular flexibility index (Phi) is 3.36. The Morgan fingerprint density at radius 1 is 1.29 bits per heavy atom. The number of hydrogen-bond acceptors (Lipinski definition) is 4. The summed E-state index contributed by atoms with van der Waals surface area (Å²) in [7, 11) is 0. The molecule has 17 heavy (non-hydrogen) atoms. The molecular formula is C12H17NO4. The van der Waals surface area contributed by atoms with Crippen LogP contribution in [0.1, 0.15) is 13.8 Å². The Morgan fingerprint density at radius 2 is 2.00 bits per heavy atom. The van der Waals surface area contributed by atoms with Gasteiger partial charge in [0.15, 0.2) is 0 Å². The molecule has 0 bridgehead atoms. The van der Waals surface area contributed by atoms with Crippen LogP contribution < -0.4 is 0 Å². The lowest BCUT2D eigenvalue weighted by molar-refractivity contribution is -0.145. The lowest BCUT2D eigenvalue weighted by Crippen LogP contribution is -2.37. The topological polar surface area (TPSA) is 55.8 Å². The van der Waals surface area contributed by atoms with Crippen LogP contribution in [-0.2, 0) is 14.3 Å². The molecule has 5 heteroatoms. The van der Waals surface area contributed by atoms with E-state index in [-0.39, 0.29) is 29.9 Å². The molecule has 0 aromatic carbocycles. The van der Waals surface area contributed by atoms with Gasteiger partial charge in [-0.25, -0.2) is 4.79 Å². The van der Waals surface area contributed by atoms with Gasteiger partial charge in [0.25, 0.3) is 0 Å². The van der Waals surface area contributed by atoms with Gasteiger partial charge < -0.3 is 14.4 Å². The molecule has 1 heterocycles. The number of hydrogen-bond donors (Lipinski definition) is 0. The first-order chi connectivity index (χ1) is 8.20. The summed E-state index contributed by atoms with van der Waals surface area (Å²) in [6.07, 6.45) is 3.54. The van der Waals surface area contributed by atoms with E-state index in [0.717, 1.165) is 0 Å². The van der Waals surface area contributed by atoms with Crippen LogP contribution in [0.3, 0.4) is 0 Å². The Morgan fingerprint density at radius 3 is 2.65 bits per heavy atom. The molecule has 0 aromatic rings. The SMILES string of the molecule is CCOC(=O)[C@H]1C2C=CCN(C(=O)OCC)[C@@H]21. The molecule has 0 spiro atoms. The van der Waals surface area contributed by atoms with Gasteiger partial charge in [-0.2, -0.15) is 0 Å². The molecule has 3 atom stereocenters. The van der Waals surface area contributed by atoms with Gasteiger partial charge >= 0.3 is 12.1 Å². The van der Waals surface area contributed by atoms with Gasteiger partial charge in [0.1, 0.15) is 0 Å². The first-order valence-electron chi connectivity index (χ1n) is 5.97. The quantitative estimate of drug-likeness (QED) is 0.548. The molecule has 1 fully saturated rings. The van der Waals surface area contributed by atoms with E-state index < -0.39 is 0 Å². The molecule has 2 rings (SSSR count). The maximum Gasteiger partial charge on any atom is 0.410 e. The summed E-state index contributed by atoms with van der Waals surface area (Å²) < 4.78 is 9.96. The van der Waals surface area contributed by atoms with Crippen molar-refractivity contribution in [2.45, 2.75) is 19.9 Å². The molecule has 0 radical (unpaired) electrons. The summed E-state index contributed by atoms with van der Waals surface area (Å²) in [4.78, 5) is 24.9. The number of fused-ring (bicyclic) bond motifs is 1. The molecule has 2 aliphatic rings. The molecule has 1 aliphatic carbocycles. The zero-order chi connectivity index (χ0) is 12.4. The molecule has 5 nitrogen and oxygen atoms in total. The first-order valence-corrected chi connectivity index (χ1v) is 5.97. The van der Waals surface area contributed by atoms with Gasteiger partial charge in [-0.1, -0.05) is 12.2 Å². The van der Waals surface area contributed by atoms with Crippen molar-refractivity contribution < 1.29 is 19.1 Å². The molecule has 1 saturated carbocycles. The van der Waals surface area contributed by atoms with Crippen molar-refractivity contribution in [2.24, 2.45) is 11.8 Å². The van der Waals surface area contributed by atoms with Crippen LogP contribution in [0.5, 0.6) is 0 Å². The Labute approximate surface area is 100 Å². The first kappa shape index (κ1) is 12.0. The number of esters is 1. The zero-order valence-corrected chi connectivity index (χ0v) is 10.1. The van der Waals surface area contributed by atoms with Crippen LogP contribution in [0, 0.1) is 11.8 Å². The van der Waals surface area contributed by atoms with Crippen LogP contribution >= 0.6 is 0 Å². The molecule has 94 valence electrons. The van der Waals surface area contributed by atoms with E-state index in [9.17, 15) is 9.59 Å². The monoisotopic (exact) mass is 239 g/mol. The maximum absolute atomic E-state index is 11.7. The highest BCUT2D eigenvalue weighted by atomic mass is 16.6. The Bertz CT molecular complexity index is 352. The van der Waals surface area contributed by atoms with Crippen LogP contribution in [0.4, 0.5) is 4.79 Å². The highest BCUT2D eigenvalue weighted by molar-refractivity contribution is 5.81. The van der Waals surface area contributed by atoms with Crippen LogP contribution in [0.2, 0.25) is 0 Å². The third-order valence-corrected chi connectivity index (χ3v) is 3.12. The van der Waals surface area contributed by atoms with Gasteiger partial charge in [-0.3, -0.25) is 4.79 Å². The van der Waals surface area contributed by atoms with E-state index in [0.29, 0.717) is 19.8 Å². The van der Waals surface area contributed by atoms with Gasteiger partial charge in [-0.15, -0.1) is 0 Å². The zero-order valence-electron chi connectivity index (χ0n) is 10.1. The molecule has 1 unspecified atom stereocenters. The van der Waals surface area contributed by atoms with E-state index >= 15 is 0 Å². The predicted octanol–water partition coefficient (Wildman–Crippen LogP) is 1.19. The third-order valence-electron chi connectivity index (χ3n) is 3.12. The number of rotatable bonds is 3. The largest absolute Gasteiger partial charge is 0.466 e. The summed E-state index contributed by atoms with van der Waals surface area (Å²) in [5, 5.41) is 0. The average molecular weight is 239 g/mol. The number of amides is 1. The second-order valence-electron chi connectivity index (χ2n) is 4.13. The second-order valence-corrected chi connectivity index (χ2v) is 4.13. The average Bonchev–Trinajstić information content (AvgIpc) is 3.03. The van der Waals surface area contributed by atoms with Crippen molar-refractivity contribution in [2.75, 3.05) is 19.8 Å². The van der Waals surface area contributed by atoms with E-state index in [1.807, 2.05) is 12.2 Å². The van der Waals surface area contributed by atoms with Crippen molar-refractivity contribution in [1.82, 2.24) is 4.90 Å². The van der Waals surface area contributed by atoms with Gasteiger partial charge in [-0.05, 0) is 13.8 Å². The van der Waals surface area contributed by atoms with E-state index in [2.05, 4.69) is 0 Å². The standard InChI is InChI=1S/C12H17NO4/c1-3-16-11(14)9-8-6-5-7-13(10(8)9)12(15)17-4-2/h5-6,8-10H,3-4,7H2,1-2H3/t8?,9-,10-/m0/s1. The smallest absolute Gasteiger partial charge is 0.410 e. The molecule has 1 amide bonds. The van der Waals surface area contributed by atoms with Crippen molar-refractivity contribution in [1.29, 1.82) is 0 Å². The Balaban J connectivity index is 2.01. The van der Waals surface area contributed by atoms with E-state index in [1.165, 1.54) is 0 Å². The van der Waals surface area contributed by atoms with Gasteiger partial charge in [0.2, 0.25) is 0 Å². The van der Waals surface area contributed by atoms with Gasteiger partial charge in [0.05, 0.1) is 25.2 Å². The summed E-state index contributed by atoms with van der Waals surface area (Å²) >= 11 is 0. The van der Waals surface area contributed by atoms with Crippen molar-refractivity contribution in [3.63, 3.8) is 0 Å². The predicted molar refractivity (Wildman–Crippen MR) is 60.3 cm³/mol. The fraction of sp³-hybridized carbons (Fsp3) is 0.667. The minimum Gasteiger partial charge on any atom is -0.466 e. The van der Waals surface area contributed by atoms with Crippen molar-refractivity contribution >= 4 is 12.1 Å². The minimum absolute atomic E-state index is 0.0712. The highest BCUT2D eigenvalue weighted by Crippen LogP contribution is 2.47. The number of nitrogens with zero attached hydrogens (tertiary/aromatic N) is 1. The number of ether oxygens (including phenoxy) is 2. The van der Waals surface area contributed by atoms with Crippen LogP contribution in [0.15, 0.2) is 12.2 Å². The highest BCUT2D eigenvalue weighted by Gasteiger charge is 2.60. The molecule has 0 N–H and O–H groups in total. The van der Waals surface area contributed by atoms with Crippen molar-refractivity contribution in [3.05, 3.63) is 12.2 Å². The summed E-state index contributed by atoms with van der Waals surface area (Å²) in [6.45, 7) is 4.78. The minimum atomic E-state index is -0.348. The van der Waals surface area contributed by atoms with E-state index in [4.69, 9.17) is 9.47 Å². The fourth-order valence-electron chi connectivity index (χ4n) is 2.34. The van der Waals surface area contributed by atoms with Crippen LogP contribution in [-0.4, -0.2) is 42.8 Å². The molecule has 0 aromatic heterocycles. The molecular weight excluding hydrogens is 222 g/mol. The number of carbonyl (C=O) groups is 2. The van der Waals surface area contributed by atoms with E-state index in [1.54, 1.807) is 18.7 Å². The van der Waals surface area contributed by atoms with Crippen molar-refractivity contribution in [3.8, 4) is 0 Å². The van der Waals surface area contributed by atoms with Crippen LogP contribution in [0.25, 0.3) is 0 Å². The third kappa shape index (κ3) is 2.14. The lowest BCUT2D eigenvalue weighted by atomic mass is 10.2. The Hall–Kier alpha value is -1.52. The normalized spacial score (nSPS) is 29.5. The molecule has 1 aliphatic heterocycles. The second kappa shape index (κ2) is 4.77. The molecule has 0 saturated heterocycles. The summed E-state index contributed by atoms with van der Waals surface area (Å²) in [5.41, 5.74) is 0. The summed E-state index contributed by atoms with van der Waals surface area (Å²) in [5.74, 6) is -0.325. The maximum atomic E-state index is 11.7. The van der Waals surface area contributed by atoms with Gasteiger partial charge in [0, 0.05) is 12.5 Å². The number of carbonyl (C=O) groups excluding carboxylic acids is 2. The lowest BCUT2D eigenvalue weighted by Gasteiger charge is -2.22. The fourth-order valence-corrected chi connectivity index (χ4v) is 2.34. The summed E-state index contributed by atoms with van der Waals surface area (Å²) in [6, 6.07) is -0.0712.